The van der Waals surface area contributed by atoms with E-state index < -0.39 is 0 Å². The minimum atomic E-state index is -0.118. The van der Waals surface area contributed by atoms with Gasteiger partial charge in [-0.05, 0) is 0 Å². The molecule has 0 aromatic heterocycles. The first-order valence-electron chi connectivity index (χ1n) is 4.21. The van der Waals surface area contributed by atoms with Gasteiger partial charge in [0.2, 0.25) is 0 Å². The molecule has 0 saturated carbocycles. The van der Waals surface area contributed by atoms with Crippen molar-refractivity contribution >= 4 is 22.5 Å². The molecule has 63 valence electrons. The van der Waals surface area contributed by atoms with Crippen molar-refractivity contribution in [1.29, 1.82) is 0 Å². The van der Waals surface area contributed by atoms with Crippen LogP contribution in [0.3, 0.4) is 0 Å². The van der Waals surface area contributed by atoms with Crippen molar-refractivity contribution in [2.24, 2.45) is 0 Å². The number of hydrogen-bond donors (Lipinski definition) is 0. The van der Waals surface area contributed by atoms with Gasteiger partial charge in [0.1, 0.15) is 0 Å². The number of ether oxygens (including phenoxy) is 2. The summed E-state index contributed by atoms with van der Waals surface area (Å²) in [5, 5.41) is 0. The van der Waals surface area contributed by atoms with Gasteiger partial charge in [0, 0.05) is 0 Å². The molecule has 1 aliphatic heterocycles. The molecule has 2 aliphatic rings. The second-order valence-electron chi connectivity index (χ2n) is 3.07. The Balaban J connectivity index is 2.02. The van der Waals surface area contributed by atoms with E-state index in [4.69, 9.17) is 9.47 Å². The molecule has 1 aliphatic carbocycles. The summed E-state index contributed by atoms with van der Waals surface area (Å²) < 4.78 is 11.0. The molecular weight excluding hydrogens is 259 g/mol. The minimum absolute atomic E-state index is 0.118. The van der Waals surface area contributed by atoms with Crippen LogP contribution in [0.1, 0.15) is 13.3 Å². The molecule has 0 aromatic carbocycles. The summed E-state index contributed by atoms with van der Waals surface area (Å²) in [6.07, 6.45) is 7.45. The Morgan fingerprint density at radius 3 is 3.33 bits per heavy atom. The Morgan fingerprint density at radius 2 is 2.58 bits per heavy atom. The predicted molar refractivity (Wildman–Crippen MR) is 46.8 cm³/mol. The van der Waals surface area contributed by atoms with Gasteiger partial charge < -0.3 is 0 Å². The summed E-state index contributed by atoms with van der Waals surface area (Å²) in [6, 6.07) is 0. The van der Waals surface area contributed by atoms with Crippen molar-refractivity contribution in [2.75, 3.05) is 6.61 Å². The monoisotopic (exact) mass is 271 g/mol. The van der Waals surface area contributed by atoms with Gasteiger partial charge in [-0.3, -0.25) is 0 Å². The van der Waals surface area contributed by atoms with Gasteiger partial charge in [-0.1, -0.05) is 0 Å². The third-order valence-corrected chi connectivity index (χ3v) is 3.63. The van der Waals surface area contributed by atoms with E-state index >= 15 is 0 Å². The van der Waals surface area contributed by atoms with Crippen molar-refractivity contribution in [3.05, 3.63) is 24.0 Å². The molecule has 0 N–H and O–H groups in total. The Hall–Kier alpha value is 0.0387. The zero-order chi connectivity index (χ0) is 8.60. The number of rotatable bonds is 3. The van der Waals surface area contributed by atoms with Crippen molar-refractivity contribution in [3.63, 3.8) is 0 Å². The Bertz CT molecular complexity index is 247. The Kier molecular flexibility index (Phi) is 2.21. The summed E-state index contributed by atoms with van der Waals surface area (Å²) in [6.45, 7) is 2.94. The summed E-state index contributed by atoms with van der Waals surface area (Å²) in [5.74, 6) is 1.09. The molecule has 2 nitrogen and oxygen atoms in total. The first kappa shape index (κ1) is 8.63. The van der Waals surface area contributed by atoms with Crippen molar-refractivity contribution in [1.82, 2.24) is 0 Å². The third-order valence-electron chi connectivity index (χ3n) is 1.99. The fraction of sp³-hybridized carbons (Fsp3) is 0.556. The van der Waals surface area contributed by atoms with Gasteiger partial charge in [0.25, 0.3) is 0 Å². The fourth-order valence-electron chi connectivity index (χ4n) is 1.30. The van der Waals surface area contributed by atoms with Gasteiger partial charge >= 0.3 is 85.7 Å². The summed E-state index contributed by atoms with van der Waals surface area (Å²) in [5.41, 5.74) is 0. The first-order chi connectivity index (χ1) is 5.76. The zero-order valence-corrected chi connectivity index (χ0v) is 9.89. The van der Waals surface area contributed by atoms with E-state index in [0.717, 1.165) is 18.8 Å². The molecular formula is C9H11O2Sn. The molecule has 3 radical (unpaired) electrons. The van der Waals surface area contributed by atoms with Crippen LogP contribution in [0.25, 0.3) is 0 Å². The van der Waals surface area contributed by atoms with Crippen LogP contribution in [0.4, 0.5) is 0 Å². The maximum atomic E-state index is 5.76. The average Bonchev–Trinajstić information content (AvgIpc) is 2.82. The number of fused-ring (bicyclic) bond motifs is 1. The van der Waals surface area contributed by atoms with E-state index in [1.54, 1.807) is 0 Å². The van der Waals surface area contributed by atoms with E-state index in [9.17, 15) is 0 Å². The van der Waals surface area contributed by atoms with Crippen LogP contribution in [0, 0.1) is 0 Å². The van der Waals surface area contributed by atoms with E-state index in [1.807, 2.05) is 12.2 Å². The van der Waals surface area contributed by atoms with E-state index in [1.165, 1.54) is 22.5 Å². The SMILES string of the molecule is CCCO[C]1([Sn])C=CC=C2OC21. The second-order valence-corrected chi connectivity index (χ2v) is 5.30. The van der Waals surface area contributed by atoms with Crippen LogP contribution >= 0.6 is 0 Å². The second kappa shape index (κ2) is 3.07. The van der Waals surface area contributed by atoms with Crippen LogP contribution in [-0.2, 0) is 9.47 Å². The van der Waals surface area contributed by atoms with Crippen LogP contribution in [0.2, 0.25) is 0 Å². The Labute approximate surface area is 85.7 Å². The van der Waals surface area contributed by atoms with Gasteiger partial charge in [-0.15, -0.1) is 0 Å². The maximum absolute atomic E-state index is 5.76. The van der Waals surface area contributed by atoms with Gasteiger partial charge in [-0.2, -0.15) is 0 Å². The molecule has 2 atom stereocenters. The van der Waals surface area contributed by atoms with Gasteiger partial charge in [0.05, 0.1) is 0 Å². The molecule has 2 unspecified atom stereocenters. The molecule has 0 spiro atoms. The molecule has 12 heavy (non-hydrogen) atoms. The summed E-state index contributed by atoms with van der Waals surface area (Å²) in [7, 11) is 0. The average molecular weight is 270 g/mol. The normalized spacial score (nSPS) is 36.8. The Morgan fingerprint density at radius 1 is 1.75 bits per heavy atom. The van der Waals surface area contributed by atoms with Gasteiger partial charge in [0.15, 0.2) is 0 Å². The number of hydrogen-bond acceptors (Lipinski definition) is 2. The van der Waals surface area contributed by atoms with Crippen LogP contribution < -0.4 is 0 Å². The molecule has 2 rings (SSSR count). The molecule has 1 fully saturated rings. The fourth-order valence-corrected chi connectivity index (χ4v) is 2.44. The number of allylic oxidation sites excluding steroid dienone is 2. The molecule has 3 heteroatoms. The quantitative estimate of drug-likeness (QED) is 0.566. The van der Waals surface area contributed by atoms with E-state index in [0.29, 0.717) is 0 Å². The standard InChI is InChI=1S/C9H11O2.Sn/c1-2-6-10-7-4-3-5-8-9(7)11-8;/h3-5,9H,2,6H2,1H3;. The van der Waals surface area contributed by atoms with Crippen molar-refractivity contribution in [2.45, 2.75) is 23.1 Å². The van der Waals surface area contributed by atoms with Crippen molar-refractivity contribution < 1.29 is 9.47 Å². The molecule has 0 bridgehead atoms. The molecule has 0 amide bonds. The van der Waals surface area contributed by atoms with Gasteiger partial charge in [-0.25, -0.2) is 0 Å². The summed E-state index contributed by atoms with van der Waals surface area (Å²) >= 11 is 1.37. The van der Waals surface area contributed by atoms with Crippen molar-refractivity contribution in [3.8, 4) is 0 Å². The van der Waals surface area contributed by atoms with E-state index in [2.05, 4.69) is 13.0 Å². The number of epoxide rings is 1. The first-order valence-corrected chi connectivity index (χ1v) is 5.64. The summed E-state index contributed by atoms with van der Waals surface area (Å²) in [4.78, 5) is 0. The third kappa shape index (κ3) is 1.42. The molecule has 1 heterocycles. The molecule has 0 aromatic rings. The topological polar surface area (TPSA) is 21.8 Å². The predicted octanol–water partition coefficient (Wildman–Crippen LogP) is 1.13. The van der Waals surface area contributed by atoms with Crippen LogP contribution in [-0.4, -0.2) is 38.9 Å². The zero-order valence-electron chi connectivity index (χ0n) is 7.04. The van der Waals surface area contributed by atoms with Crippen LogP contribution in [0.15, 0.2) is 24.0 Å². The molecule has 1 saturated heterocycles. The van der Waals surface area contributed by atoms with E-state index in [-0.39, 0.29) is 9.72 Å². The van der Waals surface area contributed by atoms with Crippen LogP contribution in [0.5, 0.6) is 0 Å².